The lowest BCUT2D eigenvalue weighted by atomic mass is 9.36. The molecule has 4 aliphatic rings. The van der Waals surface area contributed by atoms with Crippen LogP contribution in [0, 0.1) is 0 Å². The zero-order valence-corrected chi connectivity index (χ0v) is 43.5. The summed E-state index contributed by atoms with van der Waals surface area (Å²) in [6.45, 7) is 19.6. The highest BCUT2D eigenvalue weighted by Crippen LogP contribution is 2.53. The molecule has 0 atom stereocenters. The molecule has 2 aliphatic carbocycles. The summed E-state index contributed by atoms with van der Waals surface area (Å²) in [5, 5.41) is 0. The maximum absolute atomic E-state index is 5.40. The molecule has 1 aromatic heterocycles. The van der Waals surface area contributed by atoms with Crippen LogP contribution in [0.5, 0.6) is 0 Å². The number of para-hydroxylation sites is 2. The Hall–Kier alpha value is -7.57. The molecule has 0 saturated heterocycles. The van der Waals surface area contributed by atoms with E-state index in [4.69, 9.17) is 15.0 Å². The van der Waals surface area contributed by atoms with E-state index in [-0.39, 0.29) is 28.4 Å². The second kappa shape index (κ2) is 16.5. The number of benzene rings is 8. The average molecular weight is 948 g/mol. The first-order valence-electron chi connectivity index (χ1n) is 26.4. The molecular formula is C67H62BN5. The van der Waals surface area contributed by atoms with E-state index in [1.54, 1.807) is 0 Å². The quantitative estimate of drug-likeness (QED) is 0.149. The van der Waals surface area contributed by atoms with Crippen molar-refractivity contribution in [1.82, 2.24) is 15.0 Å². The fourth-order valence-corrected chi connectivity index (χ4v) is 12.8. The van der Waals surface area contributed by atoms with Crippen molar-refractivity contribution < 1.29 is 0 Å². The van der Waals surface area contributed by atoms with Gasteiger partial charge in [0.1, 0.15) is 0 Å². The molecule has 2 aliphatic heterocycles. The third-order valence-corrected chi connectivity index (χ3v) is 17.2. The Kier molecular flexibility index (Phi) is 10.2. The third kappa shape index (κ3) is 7.38. The standard InChI is InChI=1S/C67H62BN5/c1-64(2)33-34-65(3,4)53-40-49(29-31-52(53)64)73-58-42-55-54(66(5,6)35-36-67(55,7)8)41-57(58)68-56-32-30-48(72(46-25-17-11-18-26-46)47-27-19-12-20-28-47)39-50(56)51-37-45(38-59(73)60(51)68)63-70-61(43-21-13-9-14-22-43)69-62(71-63)44-23-15-10-16-24-44/h9-32,37-42H,33-36H2,1-8H3. The van der Waals surface area contributed by atoms with E-state index in [0.29, 0.717) is 17.5 Å². The Morgan fingerprint density at radius 1 is 0.384 bits per heavy atom. The van der Waals surface area contributed by atoms with Gasteiger partial charge in [-0.3, -0.25) is 0 Å². The van der Waals surface area contributed by atoms with Gasteiger partial charge in [-0.2, -0.15) is 0 Å². The van der Waals surface area contributed by atoms with E-state index in [0.717, 1.165) is 53.0 Å². The molecule has 0 radical (unpaired) electrons. The number of hydrogen-bond donors (Lipinski definition) is 0. The highest BCUT2D eigenvalue weighted by atomic mass is 15.2. The number of nitrogens with zero attached hydrogens (tertiary/aromatic N) is 5. The Morgan fingerprint density at radius 2 is 0.863 bits per heavy atom. The summed E-state index contributed by atoms with van der Waals surface area (Å²) in [6.07, 6.45) is 4.60. The molecule has 9 aromatic rings. The summed E-state index contributed by atoms with van der Waals surface area (Å²) in [6, 6.07) is 66.9. The van der Waals surface area contributed by atoms with Crippen LogP contribution in [0.15, 0.2) is 182 Å². The van der Waals surface area contributed by atoms with Gasteiger partial charge in [0, 0.05) is 50.8 Å². The van der Waals surface area contributed by atoms with Crippen molar-refractivity contribution in [2.75, 3.05) is 9.80 Å². The fourth-order valence-electron chi connectivity index (χ4n) is 12.8. The van der Waals surface area contributed by atoms with Gasteiger partial charge in [-0.05, 0) is 158 Å². The molecule has 73 heavy (non-hydrogen) atoms. The zero-order valence-electron chi connectivity index (χ0n) is 43.5. The van der Waals surface area contributed by atoms with Gasteiger partial charge in [0.05, 0.1) is 0 Å². The average Bonchev–Trinajstić information content (AvgIpc) is 3.75. The normalized spacial score (nSPS) is 16.9. The minimum absolute atomic E-state index is 0.00788. The molecule has 5 nitrogen and oxygen atoms in total. The second-order valence-corrected chi connectivity index (χ2v) is 23.8. The van der Waals surface area contributed by atoms with E-state index in [1.165, 1.54) is 73.3 Å². The van der Waals surface area contributed by atoms with Crippen LogP contribution in [0.3, 0.4) is 0 Å². The number of rotatable bonds is 7. The van der Waals surface area contributed by atoms with Crippen molar-refractivity contribution in [1.29, 1.82) is 0 Å². The van der Waals surface area contributed by atoms with Crippen LogP contribution in [0.4, 0.5) is 34.1 Å². The van der Waals surface area contributed by atoms with Gasteiger partial charge in [0.15, 0.2) is 17.5 Å². The van der Waals surface area contributed by atoms with Gasteiger partial charge >= 0.3 is 0 Å². The van der Waals surface area contributed by atoms with Gasteiger partial charge in [0.2, 0.25) is 6.71 Å². The smallest absolute Gasteiger partial charge is 0.248 e. The molecule has 13 rings (SSSR count). The summed E-state index contributed by atoms with van der Waals surface area (Å²) < 4.78 is 0. The van der Waals surface area contributed by atoms with Crippen molar-refractivity contribution in [3.8, 4) is 45.3 Å². The molecule has 8 aromatic carbocycles. The SMILES string of the molecule is CC1(C)CCC(C)(C)c2cc(N3c4cc5c(cc4B4c6ccc(N(c7ccccc7)c7ccccc7)cc6-c6cc(-c7nc(-c8ccccc8)nc(-c8ccccc8)n7)cc3c64)C(C)(C)CCC5(C)C)ccc21. The van der Waals surface area contributed by atoms with Crippen molar-refractivity contribution in [3.63, 3.8) is 0 Å². The second-order valence-electron chi connectivity index (χ2n) is 23.8. The van der Waals surface area contributed by atoms with Crippen molar-refractivity contribution in [2.24, 2.45) is 0 Å². The maximum atomic E-state index is 5.40. The van der Waals surface area contributed by atoms with Crippen molar-refractivity contribution in [3.05, 3.63) is 204 Å². The van der Waals surface area contributed by atoms with Crippen LogP contribution in [0.25, 0.3) is 45.3 Å². The highest BCUT2D eigenvalue weighted by Gasteiger charge is 2.47. The summed E-state index contributed by atoms with van der Waals surface area (Å²) in [7, 11) is 0. The summed E-state index contributed by atoms with van der Waals surface area (Å²) in [4.78, 5) is 21.0. The van der Waals surface area contributed by atoms with E-state index in [1.807, 2.05) is 12.1 Å². The lowest BCUT2D eigenvalue weighted by molar-refractivity contribution is 0.332. The molecule has 0 unspecified atom stereocenters. The fraction of sp³-hybridized carbons (Fsp3) is 0.239. The molecule has 358 valence electrons. The Morgan fingerprint density at radius 3 is 1.41 bits per heavy atom. The van der Waals surface area contributed by atoms with E-state index in [9.17, 15) is 0 Å². The lowest BCUT2D eigenvalue weighted by Crippen LogP contribution is -2.55. The van der Waals surface area contributed by atoms with Crippen molar-refractivity contribution >= 4 is 57.2 Å². The first kappa shape index (κ1) is 45.3. The first-order chi connectivity index (χ1) is 35.1. The molecule has 0 amide bonds. The Bertz CT molecular complexity index is 3540. The Labute approximate surface area is 432 Å². The van der Waals surface area contributed by atoms with Gasteiger partial charge < -0.3 is 9.80 Å². The number of anilines is 6. The molecular weight excluding hydrogens is 886 g/mol. The van der Waals surface area contributed by atoms with E-state index >= 15 is 0 Å². The first-order valence-corrected chi connectivity index (χ1v) is 26.4. The van der Waals surface area contributed by atoms with Crippen LogP contribution >= 0.6 is 0 Å². The molecule has 0 N–H and O–H groups in total. The minimum atomic E-state index is 0.00788. The zero-order chi connectivity index (χ0) is 50.0. The highest BCUT2D eigenvalue weighted by molar-refractivity contribution is 7.01. The lowest BCUT2D eigenvalue weighted by Gasteiger charge is -2.45. The van der Waals surface area contributed by atoms with Crippen LogP contribution in [-0.2, 0) is 21.7 Å². The van der Waals surface area contributed by atoms with Crippen LogP contribution in [0.2, 0.25) is 0 Å². The molecule has 3 heterocycles. The van der Waals surface area contributed by atoms with Gasteiger partial charge in [-0.1, -0.05) is 176 Å². The largest absolute Gasteiger partial charge is 0.311 e. The van der Waals surface area contributed by atoms with Crippen LogP contribution in [0.1, 0.15) is 103 Å². The third-order valence-electron chi connectivity index (χ3n) is 17.2. The Balaban J connectivity index is 1.13. The summed E-state index contributed by atoms with van der Waals surface area (Å²) in [5.41, 5.74) is 22.3. The number of aromatic nitrogens is 3. The number of hydrogen-bond acceptors (Lipinski definition) is 5. The molecule has 0 spiro atoms. The minimum Gasteiger partial charge on any atom is -0.311 e. The topological polar surface area (TPSA) is 45.2 Å². The number of fused-ring (bicyclic) bond motifs is 7. The molecule has 0 saturated carbocycles. The predicted molar refractivity (Wildman–Crippen MR) is 306 cm³/mol. The van der Waals surface area contributed by atoms with Crippen LogP contribution < -0.4 is 26.2 Å². The monoisotopic (exact) mass is 948 g/mol. The summed E-state index contributed by atoms with van der Waals surface area (Å²) >= 11 is 0. The van der Waals surface area contributed by atoms with Gasteiger partial charge in [-0.25, -0.2) is 15.0 Å². The predicted octanol–water partition coefficient (Wildman–Crippen LogP) is 15.3. The summed E-state index contributed by atoms with van der Waals surface area (Å²) in [5.74, 6) is 1.95. The molecule has 6 heteroatoms. The van der Waals surface area contributed by atoms with E-state index < -0.39 is 0 Å². The molecule has 0 bridgehead atoms. The van der Waals surface area contributed by atoms with E-state index in [2.05, 4.69) is 235 Å². The van der Waals surface area contributed by atoms with Gasteiger partial charge in [0.25, 0.3) is 0 Å². The van der Waals surface area contributed by atoms with Crippen LogP contribution in [-0.4, -0.2) is 21.7 Å². The molecule has 0 fully saturated rings. The van der Waals surface area contributed by atoms with Crippen molar-refractivity contribution in [2.45, 2.75) is 103 Å². The maximum Gasteiger partial charge on any atom is 0.248 e. The van der Waals surface area contributed by atoms with Gasteiger partial charge in [-0.15, -0.1) is 0 Å².